The molecule has 3 nitrogen and oxygen atoms in total. The Kier molecular flexibility index (Phi) is 6.10. The number of hydrogen-bond acceptors (Lipinski definition) is 3. The minimum atomic E-state index is -0.0258. The van der Waals surface area contributed by atoms with Crippen LogP contribution in [0.1, 0.15) is 75.3 Å². The van der Waals surface area contributed by atoms with E-state index in [2.05, 4.69) is 35.4 Å². The second kappa shape index (κ2) is 8.97. The highest BCUT2D eigenvalue weighted by molar-refractivity contribution is 7.99. The highest BCUT2D eigenvalue weighted by Crippen LogP contribution is 2.48. The summed E-state index contributed by atoms with van der Waals surface area (Å²) in [6, 6.07) is 8.65. The van der Waals surface area contributed by atoms with Crippen molar-refractivity contribution in [2.24, 2.45) is 5.92 Å². The van der Waals surface area contributed by atoms with Crippen molar-refractivity contribution in [2.45, 2.75) is 87.7 Å². The van der Waals surface area contributed by atoms with Gasteiger partial charge in [-0.2, -0.15) is 0 Å². The summed E-state index contributed by atoms with van der Waals surface area (Å²) in [7, 11) is 0. The highest BCUT2D eigenvalue weighted by atomic mass is 32.2. The lowest BCUT2D eigenvalue weighted by molar-refractivity contribution is 0.274. The Morgan fingerprint density at radius 3 is 2.61 bits per heavy atom. The number of thioether (sulfide) groups is 1. The van der Waals surface area contributed by atoms with Gasteiger partial charge in [-0.1, -0.05) is 80.6 Å². The van der Waals surface area contributed by atoms with Crippen LogP contribution in [0.4, 0.5) is 0 Å². The summed E-state index contributed by atoms with van der Waals surface area (Å²) in [5.74, 6) is 1.38. The minimum absolute atomic E-state index is 0.0258. The summed E-state index contributed by atoms with van der Waals surface area (Å²) in [6.07, 6.45) is 15.3. The zero-order chi connectivity index (χ0) is 21.3. The molecule has 164 valence electrons. The van der Waals surface area contributed by atoms with E-state index in [0.29, 0.717) is 5.92 Å². The van der Waals surface area contributed by atoms with Gasteiger partial charge in [0.25, 0.3) is 5.56 Å². The van der Waals surface area contributed by atoms with E-state index in [-0.39, 0.29) is 11.0 Å². The van der Waals surface area contributed by atoms with Gasteiger partial charge in [0.1, 0.15) is 0 Å². The quantitative estimate of drug-likeness (QED) is 0.305. The van der Waals surface area contributed by atoms with Gasteiger partial charge in [0.05, 0.1) is 11.3 Å². The van der Waals surface area contributed by atoms with Crippen molar-refractivity contribution >= 4 is 11.8 Å². The van der Waals surface area contributed by atoms with E-state index < -0.39 is 0 Å². The van der Waals surface area contributed by atoms with Crippen LogP contribution >= 0.6 is 11.8 Å². The molecule has 0 amide bonds. The lowest BCUT2D eigenvalue weighted by Crippen LogP contribution is -2.43. The summed E-state index contributed by atoms with van der Waals surface area (Å²) >= 11 is 1.67. The molecule has 31 heavy (non-hydrogen) atoms. The summed E-state index contributed by atoms with van der Waals surface area (Å²) in [6.45, 7) is 4.73. The van der Waals surface area contributed by atoms with E-state index in [1.54, 1.807) is 11.8 Å². The molecule has 1 aromatic heterocycles. The first-order valence-corrected chi connectivity index (χ1v) is 13.2. The zero-order valence-electron chi connectivity index (χ0n) is 18.6. The van der Waals surface area contributed by atoms with Crippen LogP contribution in [0.15, 0.2) is 46.9 Å². The molecule has 2 fully saturated rings. The maximum Gasteiger partial charge on any atom is 0.258 e. The lowest BCUT2D eigenvalue weighted by Gasteiger charge is -2.42. The molecule has 0 N–H and O–H groups in total. The average molecular weight is 435 g/mol. The predicted octanol–water partition coefficient (Wildman–Crippen LogP) is 6.53. The summed E-state index contributed by atoms with van der Waals surface area (Å²) in [5.41, 5.74) is 4.77. The molecular weight excluding hydrogens is 400 g/mol. The van der Waals surface area contributed by atoms with Gasteiger partial charge in [0, 0.05) is 23.3 Å². The Hall–Kier alpha value is -1.81. The fourth-order valence-corrected chi connectivity index (χ4v) is 6.99. The molecule has 0 unspecified atom stereocenters. The number of nitrogens with zero attached hydrogens (tertiary/aromatic N) is 2. The molecule has 0 atom stereocenters. The van der Waals surface area contributed by atoms with E-state index in [9.17, 15) is 4.79 Å². The van der Waals surface area contributed by atoms with E-state index in [4.69, 9.17) is 4.98 Å². The Balaban J connectivity index is 1.69. The van der Waals surface area contributed by atoms with Crippen molar-refractivity contribution in [3.63, 3.8) is 0 Å². The second-order valence-corrected chi connectivity index (χ2v) is 10.8. The third-order valence-corrected chi connectivity index (χ3v) is 8.74. The van der Waals surface area contributed by atoms with E-state index in [0.717, 1.165) is 48.0 Å². The molecule has 1 spiro atoms. The molecule has 5 rings (SSSR count). The van der Waals surface area contributed by atoms with Gasteiger partial charge < -0.3 is 0 Å². The summed E-state index contributed by atoms with van der Waals surface area (Å²) in [5, 5.41) is 0.886. The van der Waals surface area contributed by atoms with Gasteiger partial charge in [0.2, 0.25) is 0 Å². The Labute approximate surface area is 190 Å². The first kappa shape index (κ1) is 21.1. The fourth-order valence-electron chi connectivity index (χ4n) is 6.25. The molecule has 2 saturated carbocycles. The average Bonchev–Trinajstić information content (AvgIpc) is 2.80. The minimum Gasteiger partial charge on any atom is -0.287 e. The molecule has 0 bridgehead atoms. The first-order valence-electron chi connectivity index (χ1n) is 12.2. The molecule has 0 radical (unpaired) electrons. The van der Waals surface area contributed by atoms with Crippen molar-refractivity contribution in [3.8, 4) is 11.3 Å². The number of benzene rings is 1. The van der Waals surface area contributed by atoms with Crippen molar-refractivity contribution in [1.82, 2.24) is 9.55 Å². The largest absolute Gasteiger partial charge is 0.287 e. The molecule has 4 heteroatoms. The van der Waals surface area contributed by atoms with Crippen molar-refractivity contribution in [1.29, 1.82) is 0 Å². The van der Waals surface area contributed by atoms with E-state index >= 15 is 0 Å². The standard InChI is InChI=1S/C27H34N2OS/c1-2-17-31-26-28-24-22-14-8-7-13-21(22)18-27(15-9-4-10-16-27)23(24)25(30)29(26)19-20-11-5-3-6-12-20/h2,7-8,13-14,20H,1,3-6,9-12,15-19H2. The van der Waals surface area contributed by atoms with Crippen LogP contribution in [-0.2, 0) is 18.4 Å². The van der Waals surface area contributed by atoms with Crippen LogP contribution in [-0.4, -0.2) is 15.3 Å². The molecule has 2 aromatic rings. The molecule has 0 aliphatic heterocycles. The zero-order valence-corrected chi connectivity index (χ0v) is 19.4. The summed E-state index contributed by atoms with van der Waals surface area (Å²) in [4.78, 5) is 19.5. The van der Waals surface area contributed by atoms with Gasteiger partial charge >= 0.3 is 0 Å². The monoisotopic (exact) mass is 434 g/mol. The smallest absolute Gasteiger partial charge is 0.258 e. The van der Waals surface area contributed by atoms with Crippen LogP contribution in [0.3, 0.4) is 0 Å². The lowest BCUT2D eigenvalue weighted by atomic mass is 9.62. The molecule has 1 heterocycles. The SMILES string of the molecule is C=CCSc1nc2c(c(=O)n1CC1CCCCC1)C1(CCCCC1)Cc1ccccc1-2. The Morgan fingerprint density at radius 1 is 1.10 bits per heavy atom. The van der Waals surface area contributed by atoms with Crippen LogP contribution in [0.25, 0.3) is 11.3 Å². The van der Waals surface area contributed by atoms with Gasteiger partial charge in [-0.25, -0.2) is 4.98 Å². The number of hydrogen-bond donors (Lipinski definition) is 0. The Bertz CT molecular complexity index is 1010. The van der Waals surface area contributed by atoms with Crippen molar-refractivity contribution < 1.29 is 0 Å². The van der Waals surface area contributed by atoms with Gasteiger partial charge in [-0.3, -0.25) is 9.36 Å². The number of aromatic nitrogens is 2. The number of rotatable bonds is 5. The molecule has 0 saturated heterocycles. The van der Waals surface area contributed by atoms with Gasteiger partial charge in [-0.05, 0) is 43.6 Å². The highest BCUT2D eigenvalue weighted by Gasteiger charge is 2.43. The van der Waals surface area contributed by atoms with Crippen molar-refractivity contribution in [3.05, 3.63) is 58.4 Å². The maximum atomic E-state index is 14.2. The topological polar surface area (TPSA) is 34.9 Å². The van der Waals surface area contributed by atoms with Crippen LogP contribution < -0.4 is 5.56 Å². The van der Waals surface area contributed by atoms with Gasteiger partial charge in [-0.15, -0.1) is 6.58 Å². The molecular formula is C27H34N2OS. The van der Waals surface area contributed by atoms with Crippen LogP contribution in [0, 0.1) is 5.92 Å². The predicted molar refractivity (Wildman–Crippen MR) is 130 cm³/mol. The summed E-state index contributed by atoms with van der Waals surface area (Å²) < 4.78 is 2.06. The Morgan fingerprint density at radius 2 is 1.84 bits per heavy atom. The normalized spacial score (nSPS) is 20.3. The van der Waals surface area contributed by atoms with Gasteiger partial charge in [0.15, 0.2) is 5.16 Å². The third kappa shape index (κ3) is 3.92. The first-order chi connectivity index (χ1) is 15.2. The van der Waals surface area contributed by atoms with Crippen LogP contribution in [0.2, 0.25) is 0 Å². The molecule has 1 aromatic carbocycles. The fraction of sp³-hybridized carbons (Fsp3) is 0.556. The van der Waals surface area contributed by atoms with Crippen molar-refractivity contribution in [2.75, 3.05) is 5.75 Å². The van der Waals surface area contributed by atoms with E-state index in [1.807, 2.05) is 6.08 Å². The maximum absolute atomic E-state index is 14.2. The van der Waals surface area contributed by atoms with Crippen LogP contribution in [0.5, 0.6) is 0 Å². The molecule has 3 aliphatic carbocycles. The second-order valence-electron chi connectivity index (χ2n) is 9.81. The number of fused-ring (bicyclic) bond motifs is 4. The molecule has 3 aliphatic rings. The van der Waals surface area contributed by atoms with E-state index in [1.165, 1.54) is 62.5 Å². The third-order valence-electron chi connectivity index (χ3n) is 7.77.